The molecule has 1 heterocycles. The molecule has 26 heavy (non-hydrogen) atoms. The Kier molecular flexibility index (Phi) is 5.96. The molecule has 0 fully saturated rings. The molecule has 3 rings (SSSR count). The van der Waals surface area contributed by atoms with Crippen molar-refractivity contribution in [2.24, 2.45) is 12.0 Å². The van der Waals surface area contributed by atoms with Crippen molar-refractivity contribution in [3.05, 3.63) is 73.4 Å². The number of thiazole rings is 1. The second kappa shape index (κ2) is 8.20. The summed E-state index contributed by atoms with van der Waals surface area (Å²) in [7, 11) is 1.92. The first-order valence-electron chi connectivity index (χ1n) is 7.92. The molecule has 3 aromatic rings. The standard InChI is InChI=1S/C19H17BrClN3OS/c1-12-6-7-15(9-17(12)21)22-18(25)10-16-11-26-19(24(16)2)23-14-5-3-4-13(20)8-14/h3-9,11H,10H2,1-2H3,(H,22,25). The summed E-state index contributed by atoms with van der Waals surface area (Å²) in [5.41, 5.74) is 3.44. The van der Waals surface area contributed by atoms with Crippen LogP contribution in [0.3, 0.4) is 0 Å². The van der Waals surface area contributed by atoms with Gasteiger partial charge in [-0.3, -0.25) is 4.79 Å². The number of nitrogens with zero attached hydrogens (tertiary/aromatic N) is 2. The van der Waals surface area contributed by atoms with Crippen molar-refractivity contribution in [1.29, 1.82) is 0 Å². The van der Waals surface area contributed by atoms with E-state index in [1.165, 1.54) is 11.3 Å². The Morgan fingerprint density at radius 3 is 2.85 bits per heavy atom. The zero-order valence-corrected chi connectivity index (χ0v) is 17.5. The van der Waals surface area contributed by atoms with Gasteiger partial charge in [-0.25, -0.2) is 4.99 Å². The number of hydrogen-bond donors (Lipinski definition) is 1. The topological polar surface area (TPSA) is 46.4 Å². The Morgan fingerprint density at radius 2 is 2.12 bits per heavy atom. The van der Waals surface area contributed by atoms with Crippen LogP contribution in [0.1, 0.15) is 11.3 Å². The van der Waals surface area contributed by atoms with Crippen LogP contribution in [-0.2, 0) is 18.3 Å². The first kappa shape index (κ1) is 18.9. The molecular formula is C19H17BrClN3OS. The van der Waals surface area contributed by atoms with E-state index in [0.29, 0.717) is 10.7 Å². The monoisotopic (exact) mass is 449 g/mol. The van der Waals surface area contributed by atoms with Crippen LogP contribution in [0.5, 0.6) is 0 Å². The second-order valence-corrected chi connectivity index (χ2v) is 8.01. The fourth-order valence-corrected chi connectivity index (χ4v) is 3.84. The second-order valence-electron chi connectivity index (χ2n) is 5.85. The molecule has 0 spiro atoms. The third kappa shape index (κ3) is 4.63. The van der Waals surface area contributed by atoms with Crippen LogP contribution in [0.25, 0.3) is 0 Å². The van der Waals surface area contributed by atoms with Gasteiger partial charge in [-0.15, -0.1) is 11.3 Å². The molecule has 0 saturated heterocycles. The number of carbonyl (C=O) groups excluding carboxylic acids is 1. The number of rotatable bonds is 4. The van der Waals surface area contributed by atoms with Gasteiger partial charge in [0.1, 0.15) is 0 Å². The molecule has 0 bridgehead atoms. The zero-order chi connectivity index (χ0) is 18.7. The van der Waals surface area contributed by atoms with E-state index in [0.717, 1.165) is 26.2 Å². The van der Waals surface area contributed by atoms with E-state index >= 15 is 0 Å². The highest BCUT2D eigenvalue weighted by atomic mass is 79.9. The average Bonchev–Trinajstić information content (AvgIpc) is 2.91. The normalized spacial score (nSPS) is 11.6. The summed E-state index contributed by atoms with van der Waals surface area (Å²) in [4.78, 5) is 17.8. The molecule has 7 heteroatoms. The minimum Gasteiger partial charge on any atom is -0.326 e. The molecule has 0 aliphatic rings. The molecule has 2 aromatic carbocycles. The maximum atomic E-state index is 12.3. The van der Waals surface area contributed by atoms with E-state index in [-0.39, 0.29) is 12.3 Å². The van der Waals surface area contributed by atoms with Crippen LogP contribution in [0, 0.1) is 6.92 Å². The highest BCUT2D eigenvalue weighted by Gasteiger charge is 2.09. The summed E-state index contributed by atoms with van der Waals surface area (Å²) in [5.74, 6) is -0.0904. The zero-order valence-electron chi connectivity index (χ0n) is 14.3. The molecule has 1 aromatic heterocycles. The van der Waals surface area contributed by atoms with Crippen LogP contribution in [0.4, 0.5) is 11.4 Å². The molecule has 0 radical (unpaired) electrons. The predicted octanol–water partition coefficient (Wildman–Crippen LogP) is 5.22. The minimum absolute atomic E-state index is 0.0904. The summed E-state index contributed by atoms with van der Waals surface area (Å²) in [5, 5.41) is 5.48. The lowest BCUT2D eigenvalue weighted by Gasteiger charge is -2.07. The fraction of sp³-hybridized carbons (Fsp3) is 0.158. The van der Waals surface area contributed by atoms with Gasteiger partial charge in [0.15, 0.2) is 4.80 Å². The molecule has 4 nitrogen and oxygen atoms in total. The van der Waals surface area contributed by atoms with Crippen molar-refractivity contribution < 1.29 is 4.79 Å². The van der Waals surface area contributed by atoms with E-state index in [1.807, 2.05) is 60.3 Å². The quantitative estimate of drug-likeness (QED) is 0.581. The van der Waals surface area contributed by atoms with Gasteiger partial charge in [-0.05, 0) is 42.8 Å². The number of amides is 1. The van der Waals surface area contributed by atoms with Crippen LogP contribution >= 0.6 is 38.9 Å². The molecular weight excluding hydrogens is 434 g/mol. The summed E-state index contributed by atoms with van der Waals surface area (Å²) in [6.07, 6.45) is 0.270. The maximum Gasteiger partial charge on any atom is 0.230 e. The lowest BCUT2D eigenvalue weighted by atomic mass is 10.2. The van der Waals surface area contributed by atoms with Gasteiger partial charge in [0.25, 0.3) is 0 Å². The molecule has 1 N–H and O–H groups in total. The van der Waals surface area contributed by atoms with E-state index in [9.17, 15) is 4.79 Å². The van der Waals surface area contributed by atoms with Crippen molar-refractivity contribution in [1.82, 2.24) is 4.57 Å². The van der Waals surface area contributed by atoms with Gasteiger partial charge in [0.05, 0.1) is 12.1 Å². The van der Waals surface area contributed by atoms with Crippen molar-refractivity contribution in [2.75, 3.05) is 5.32 Å². The van der Waals surface area contributed by atoms with Gasteiger partial charge in [-0.2, -0.15) is 0 Å². The highest BCUT2D eigenvalue weighted by Crippen LogP contribution is 2.20. The first-order valence-corrected chi connectivity index (χ1v) is 9.97. The number of carbonyl (C=O) groups is 1. The molecule has 0 unspecified atom stereocenters. The molecule has 0 aliphatic carbocycles. The molecule has 0 atom stereocenters. The van der Waals surface area contributed by atoms with Crippen LogP contribution in [0.2, 0.25) is 5.02 Å². The number of nitrogens with one attached hydrogen (secondary N) is 1. The molecule has 0 saturated carbocycles. The first-order chi connectivity index (χ1) is 12.4. The number of anilines is 1. The van der Waals surface area contributed by atoms with Gasteiger partial charge < -0.3 is 9.88 Å². The molecule has 1 amide bonds. The van der Waals surface area contributed by atoms with E-state index in [1.54, 1.807) is 6.07 Å². The van der Waals surface area contributed by atoms with E-state index < -0.39 is 0 Å². The number of halogens is 2. The van der Waals surface area contributed by atoms with Crippen LogP contribution < -0.4 is 10.1 Å². The van der Waals surface area contributed by atoms with Gasteiger partial charge in [-0.1, -0.05) is 39.7 Å². The Morgan fingerprint density at radius 1 is 1.31 bits per heavy atom. The van der Waals surface area contributed by atoms with E-state index in [4.69, 9.17) is 11.6 Å². The summed E-state index contributed by atoms with van der Waals surface area (Å²) in [6.45, 7) is 1.93. The fourth-order valence-electron chi connectivity index (χ4n) is 2.36. The Labute approximate surface area is 169 Å². The Bertz CT molecular complexity index is 1030. The van der Waals surface area contributed by atoms with Gasteiger partial charge >= 0.3 is 0 Å². The highest BCUT2D eigenvalue weighted by molar-refractivity contribution is 9.10. The molecule has 0 aliphatic heterocycles. The Hall–Kier alpha value is -1.89. The SMILES string of the molecule is Cc1ccc(NC(=O)Cc2csc(=Nc3cccc(Br)c3)n2C)cc1Cl. The van der Waals surface area contributed by atoms with Crippen LogP contribution in [0.15, 0.2) is 57.3 Å². The van der Waals surface area contributed by atoms with Crippen molar-refractivity contribution in [3.8, 4) is 0 Å². The Balaban J connectivity index is 1.75. The predicted molar refractivity (Wildman–Crippen MR) is 111 cm³/mol. The average molecular weight is 451 g/mol. The smallest absolute Gasteiger partial charge is 0.230 e. The number of aromatic nitrogens is 1. The lowest BCUT2D eigenvalue weighted by Crippen LogP contribution is -2.19. The number of aryl methyl sites for hydroxylation is 1. The van der Waals surface area contributed by atoms with Gasteiger partial charge in [0, 0.05) is 33.3 Å². The third-order valence-corrected chi connectivity index (χ3v) is 5.71. The lowest BCUT2D eigenvalue weighted by molar-refractivity contribution is -0.115. The number of hydrogen-bond acceptors (Lipinski definition) is 3. The van der Waals surface area contributed by atoms with Crippen molar-refractivity contribution in [3.63, 3.8) is 0 Å². The molecule has 134 valence electrons. The summed E-state index contributed by atoms with van der Waals surface area (Å²) >= 11 is 11.1. The third-order valence-electron chi connectivity index (χ3n) is 3.85. The van der Waals surface area contributed by atoms with Crippen molar-refractivity contribution >= 4 is 56.1 Å². The largest absolute Gasteiger partial charge is 0.326 e. The van der Waals surface area contributed by atoms with E-state index in [2.05, 4.69) is 26.2 Å². The summed E-state index contributed by atoms with van der Waals surface area (Å²) in [6, 6.07) is 13.3. The maximum absolute atomic E-state index is 12.3. The summed E-state index contributed by atoms with van der Waals surface area (Å²) < 4.78 is 2.92. The van der Waals surface area contributed by atoms with Gasteiger partial charge in [0.2, 0.25) is 5.91 Å². The number of benzene rings is 2. The van der Waals surface area contributed by atoms with Crippen molar-refractivity contribution in [2.45, 2.75) is 13.3 Å². The minimum atomic E-state index is -0.0904. The van der Waals surface area contributed by atoms with Crippen LogP contribution in [-0.4, -0.2) is 10.5 Å².